The van der Waals surface area contributed by atoms with Gasteiger partial charge in [-0.2, -0.15) is 4.98 Å². The van der Waals surface area contributed by atoms with Gasteiger partial charge in [0.2, 0.25) is 5.89 Å². The van der Waals surface area contributed by atoms with E-state index in [0.717, 1.165) is 31.1 Å². The van der Waals surface area contributed by atoms with Gasteiger partial charge in [-0.05, 0) is 45.8 Å². The Hall–Kier alpha value is -0.940. The standard InChI is InChI=1S/C13H22N4O/c1-17-8-3-2-5-10(17)9-12-15-13(18-16-12)11-6-4-7-14-11/h10-11,14H,2-9H2,1H3. The van der Waals surface area contributed by atoms with Gasteiger partial charge in [-0.15, -0.1) is 0 Å². The van der Waals surface area contributed by atoms with Crippen LogP contribution in [0.5, 0.6) is 0 Å². The third-order valence-electron chi connectivity index (χ3n) is 4.18. The van der Waals surface area contributed by atoms with Crippen LogP contribution < -0.4 is 5.32 Å². The van der Waals surface area contributed by atoms with Gasteiger partial charge in [0.05, 0.1) is 6.04 Å². The highest BCUT2D eigenvalue weighted by molar-refractivity contribution is 4.97. The number of likely N-dealkylation sites (N-methyl/N-ethyl adjacent to an activating group) is 1. The molecule has 1 aromatic rings. The fourth-order valence-corrected chi connectivity index (χ4v) is 3.00. The van der Waals surface area contributed by atoms with Crippen LogP contribution in [-0.2, 0) is 6.42 Å². The van der Waals surface area contributed by atoms with Crippen molar-refractivity contribution < 1.29 is 4.52 Å². The summed E-state index contributed by atoms with van der Waals surface area (Å²) in [6, 6.07) is 0.871. The molecule has 5 heteroatoms. The molecule has 0 bridgehead atoms. The molecule has 2 fully saturated rings. The summed E-state index contributed by atoms with van der Waals surface area (Å²) in [5.74, 6) is 1.65. The number of hydrogen-bond donors (Lipinski definition) is 1. The fraction of sp³-hybridized carbons (Fsp3) is 0.846. The van der Waals surface area contributed by atoms with E-state index in [1.54, 1.807) is 0 Å². The monoisotopic (exact) mass is 250 g/mol. The summed E-state index contributed by atoms with van der Waals surface area (Å²) >= 11 is 0. The van der Waals surface area contributed by atoms with Gasteiger partial charge in [0.25, 0.3) is 0 Å². The molecule has 2 aliphatic rings. The normalized spacial score (nSPS) is 29.8. The SMILES string of the molecule is CN1CCCCC1Cc1noc(C2CCCN2)n1. The highest BCUT2D eigenvalue weighted by Gasteiger charge is 2.25. The molecule has 100 valence electrons. The second kappa shape index (κ2) is 5.36. The number of likely N-dealkylation sites (tertiary alicyclic amines) is 1. The molecule has 2 aliphatic heterocycles. The summed E-state index contributed by atoms with van der Waals surface area (Å²) < 4.78 is 5.38. The molecule has 3 heterocycles. The minimum Gasteiger partial charge on any atom is -0.338 e. The van der Waals surface area contributed by atoms with Crippen LogP contribution in [0.25, 0.3) is 0 Å². The summed E-state index contributed by atoms with van der Waals surface area (Å²) in [5.41, 5.74) is 0. The zero-order valence-corrected chi connectivity index (χ0v) is 11.1. The fourth-order valence-electron chi connectivity index (χ4n) is 3.00. The lowest BCUT2D eigenvalue weighted by atomic mass is 10.00. The van der Waals surface area contributed by atoms with Crippen LogP contribution in [0.2, 0.25) is 0 Å². The lowest BCUT2D eigenvalue weighted by Gasteiger charge is -2.31. The first kappa shape index (κ1) is 12.1. The van der Waals surface area contributed by atoms with E-state index in [1.165, 1.54) is 32.2 Å². The topological polar surface area (TPSA) is 54.2 Å². The van der Waals surface area contributed by atoms with Crippen molar-refractivity contribution in [3.8, 4) is 0 Å². The Balaban J connectivity index is 1.62. The quantitative estimate of drug-likeness (QED) is 0.881. The maximum absolute atomic E-state index is 5.38. The van der Waals surface area contributed by atoms with Crippen molar-refractivity contribution in [2.24, 2.45) is 0 Å². The molecular weight excluding hydrogens is 228 g/mol. The van der Waals surface area contributed by atoms with E-state index in [2.05, 4.69) is 27.4 Å². The van der Waals surface area contributed by atoms with Gasteiger partial charge < -0.3 is 14.7 Å². The molecule has 1 N–H and O–H groups in total. The highest BCUT2D eigenvalue weighted by atomic mass is 16.5. The molecule has 0 aromatic carbocycles. The van der Waals surface area contributed by atoms with Crippen LogP contribution in [-0.4, -0.2) is 41.2 Å². The van der Waals surface area contributed by atoms with Crippen molar-refractivity contribution in [2.75, 3.05) is 20.1 Å². The Morgan fingerprint density at radius 3 is 3.06 bits per heavy atom. The predicted octanol–water partition coefficient (Wildman–Crippen LogP) is 1.52. The molecule has 5 nitrogen and oxygen atoms in total. The van der Waals surface area contributed by atoms with Crippen molar-refractivity contribution in [1.82, 2.24) is 20.4 Å². The summed E-state index contributed by atoms with van der Waals surface area (Å²) in [5, 5.41) is 7.53. The van der Waals surface area contributed by atoms with Crippen molar-refractivity contribution >= 4 is 0 Å². The Morgan fingerprint density at radius 2 is 2.28 bits per heavy atom. The van der Waals surface area contributed by atoms with Gasteiger partial charge in [0.1, 0.15) is 0 Å². The number of nitrogens with zero attached hydrogens (tertiary/aromatic N) is 3. The van der Waals surface area contributed by atoms with Gasteiger partial charge in [-0.25, -0.2) is 0 Å². The maximum atomic E-state index is 5.38. The van der Waals surface area contributed by atoms with Crippen molar-refractivity contribution in [2.45, 2.75) is 50.6 Å². The first-order valence-corrected chi connectivity index (χ1v) is 7.09. The Labute approximate surface area is 108 Å². The average Bonchev–Trinajstić information content (AvgIpc) is 3.02. The molecule has 0 spiro atoms. The number of hydrogen-bond acceptors (Lipinski definition) is 5. The third-order valence-corrected chi connectivity index (χ3v) is 4.18. The van der Waals surface area contributed by atoms with Crippen LogP contribution in [0.3, 0.4) is 0 Å². The average molecular weight is 250 g/mol. The summed E-state index contributed by atoms with van der Waals surface area (Å²) in [7, 11) is 2.20. The van der Waals surface area contributed by atoms with Gasteiger partial charge in [0, 0.05) is 12.5 Å². The minimum absolute atomic E-state index is 0.287. The van der Waals surface area contributed by atoms with E-state index < -0.39 is 0 Å². The summed E-state index contributed by atoms with van der Waals surface area (Å²) in [4.78, 5) is 6.98. The predicted molar refractivity (Wildman–Crippen MR) is 68.2 cm³/mol. The Kier molecular flexibility index (Phi) is 3.61. The molecule has 0 radical (unpaired) electrons. The largest absolute Gasteiger partial charge is 0.338 e. The Bertz CT molecular complexity index is 386. The number of rotatable bonds is 3. The summed E-state index contributed by atoms with van der Waals surface area (Å²) in [6.07, 6.45) is 7.13. The van der Waals surface area contributed by atoms with Crippen LogP contribution in [0.1, 0.15) is 49.9 Å². The van der Waals surface area contributed by atoms with Gasteiger partial charge in [-0.1, -0.05) is 11.6 Å². The molecule has 0 aliphatic carbocycles. The van der Waals surface area contributed by atoms with Gasteiger partial charge in [0.15, 0.2) is 5.82 Å². The van der Waals surface area contributed by atoms with Crippen LogP contribution in [0, 0.1) is 0 Å². The molecule has 2 unspecified atom stereocenters. The van der Waals surface area contributed by atoms with Crippen molar-refractivity contribution in [3.63, 3.8) is 0 Å². The maximum Gasteiger partial charge on any atom is 0.243 e. The van der Waals surface area contributed by atoms with E-state index >= 15 is 0 Å². The summed E-state index contributed by atoms with van der Waals surface area (Å²) in [6.45, 7) is 2.26. The van der Waals surface area contributed by atoms with E-state index in [9.17, 15) is 0 Å². The zero-order chi connectivity index (χ0) is 12.4. The van der Waals surface area contributed by atoms with E-state index in [4.69, 9.17) is 4.52 Å². The van der Waals surface area contributed by atoms with Crippen LogP contribution in [0.4, 0.5) is 0 Å². The minimum atomic E-state index is 0.287. The van der Waals surface area contributed by atoms with Crippen molar-refractivity contribution in [1.29, 1.82) is 0 Å². The van der Waals surface area contributed by atoms with Gasteiger partial charge in [-0.3, -0.25) is 0 Å². The number of nitrogens with one attached hydrogen (secondary N) is 1. The molecule has 3 rings (SSSR count). The van der Waals surface area contributed by atoms with Gasteiger partial charge >= 0.3 is 0 Å². The first-order chi connectivity index (χ1) is 8.83. The lowest BCUT2D eigenvalue weighted by Crippen LogP contribution is -2.37. The van der Waals surface area contributed by atoms with E-state index in [-0.39, 0.29) is 6.04 Å². The molecule has 2 atom stereocenters. The molecule has 2 saturated heterocycles. The highest BCUT2D eigenvalue weighted by Crippen LogP contribution is 2.22. The van der Waals surface area contributed by atoms with E-state index in [1.807, 2.05) is 0 Å². The van der Waals surface area contributed by atoms with Crippen LogP contribution >= 0.6 is 0 Å². The zero-order valence-electron chi connectivity index (χ0n) is 11.1. The number of aromatic nitrogens is 2. The van der Waals surface area contributed by atoms with Crippen LogP contribution in [0.15, 0.2) is 4.52 Å². The second-order valence-corrected chi connectivity index (χ2v) is 5.53. The lowest BCUT2D eigenvalue weighted by molar-refractivity contribution is 0.181. The molecule has 0 amide bonds. The number of piperidine rings is 1. The Morgan fingerprint density at radius 1 is 1.33 bits per heavy atom. The molecular formula is C13H22N4O. The molecule has 1 aromatic heterocycles. The van der Waals surface area contributed by atoms with Crippen molar-refractivity contribution in [3.05, 3.63) is 11.7 Å². The first-order valence-electron chi connectivity index (χ1n) is 7.09. The second-order valence-electron chi connectivity index (χ2n) is 5.53. The molecule has 0 saturated carbocycles. The smallest absolute Gasteiger partial charge is 0.243 e. The third kappa shape index (κ3) is 2.57. The van der Waals surface area contributed by atoms with E-state index in [0.29, 0.717) is 6.04 Å². The molecule has 18 heavy (non-hydrogen) atoms.